The minimum atomic E-state index is 0.592. The molecule has 0 amide bonds. The van der Waals surface area contributed by atoms with Crippen molar-refractivity contribution in [2.24, 2.45) is 0 Å². The smallest absolute Gasteiger partial charge is 0.136 e. The number of nitriles is 2. The summed E-state index contributed by atoms with van der Waals surface area (Å²) in [6, 6.07) is 51.3. The molecule has 5 nitrogen and oxygen atoms in total. The van der Waals surface area contributed by atoms with E-state index in [1.165, 1.54) is 0 Å². The molecule has 0 radical (unpaired) electrons. The number of para-hydroxylation sites is 3. The van der Waals surface area contributed by atoms with Gasteiger partial charge in [0.2, 0.25) is 0 Å². The highest BCUT2D eigenvalue weighted by atomic mass is 16.3. The van der Waals surface area contributed by atoms with Crippen molar-refractivity contribution in [1.82, 2.24) is 4.57 Å². The summed E-state index contributed by atoms with van der Waals surface area (Å²) in [6.45, 7) is 0. The van der Waals surface area contributed by atoms with Crippen molar-refractivity contribution in [1.29, 1.82) is 10.5 Å². The van der Waals surface area contributed by atoms with Gasteiger partial charge in [-0.1, -0.05) is 78.9 Å². The van der Waals surface area contributed by atoms with Crippen LogP contribution < -0.4 is 0 Å². The van der Waals surface area contributed by atoms with Crippen LogP contribution in [0.25, 0.3) is 93.6 Å². The van der Waals surface area contributed by atoms with Crippen LogP contribution in [-0.4, -0.2) is 4.57 Å². The van der Waals surface area contributed by atoms with Crippen LogP contribution in [0.2, 0.25) is 0 Å². The Morgan fingerprint density at radius 1 is 0.429 bits per heavy atom. The predicted molar refractivity (Wildman–Crippen MR) is 196 cm³/mol. The molecule has 7 aromatic carbocycles. The molecule has 0 spiro atoms. The molecule has 0 fully saturated rings. The highest BCUT2D eigenvalue weighted by molar-refractivity contribution is 6.26. The minimum Gasteiger partial charge on any atom is -0.456 e. The highest BCUT2D eigenvalue weighted by Crippen LogP contribution is 2.44. The van der Waals surface area contributed by atoms with Crippen LogP contribution in [0.4, 0.5) is 0 Å². The topological polar surface area (TPSA) is 78.8 Å². The Kier molecular flexibility index (Phi) is 5.64. The lowest BCUT2D eigenvalue weighted by Crippen LogP contribution is -2.00. The van der Waals surface area contributed by atoms with E-state index in [4.69, 9.17) is 8.83 Å². The first kappa shape index (κ1) is 27.1. The first-order valence-electron chi connectivity index (χ1n) is 16.0. The van der Waals surface area contributed by atoms with Gasteiger partial charge in [-0.25, -0.2) is 0 Å². The summed E-state index contributed by atoms with van der Waals surface area (Å²) in [7, 11) is 0. The molecule has 0 aliphatic rings. The van der Waals surface area contributed by atoms with Crippen molar-refractivity contribution in [3.8, 4) is 40.1 Å². The van der Waals surface area contributed by atoms with E-state index in [0.717, 1.165) is 93.6 Å². The maximum absolute atomic E-state index is 10.4. The van der Waals surface area contributed by atoms with E-state index in [-0.39, 0.29) is 0 Å². The van der Waals surface area contributed by atoms with E-state index in [1.807, 2.05) is 78.9 Å². The summed E-state index contributed by atoms with van der Waals surface area (Å²) in [4.78, 5) is 0. The van der Waals surface area contributed by atoms with Crippen molar-refractivity contribution >= 4 is 65.7 Å². The molecule has 0 saturated heterocycles. The molecule has 49 heavy (non-hydrogen) atoms. The van der Waals surface area contributed by atoms with Crippen LogP contribution in [0.5, 0.6) is 0 Å². The van der Waals surface area contributed by atoms with Crippen molar-refractivity contribution in [3.05, 3.63) is 151 Å². The molecule has 0 bridgehead atoms. The number of fused-ring (bicyclic) bond motifs is 10. The third kappa shape index (κ3) is 3.85. The van der Waals surface area contributed by atoms with Gasteiger partial charge in [0.25, 0.3) is 0 Å². The monoisotopic (exact) mass is 625 g/mol. The molecule has 0 aliphatic heterocycles. The second kappa shape index (κ2) is 10.2. The number of rotatable bonds is 3. The number of hydrogen-bond acceptors (Lipinski definition) is 4. The zero-order valence-corrected chi connectivity index (χ0v) is 25.9. The maximum atomic E-state index is 10.4. The highest BCUT2D eigenvalue weighted by Gasteiger charge is 2.21. The van der Waals surface area contributed by atoms with Gasteiger partial charge in [-0.2, -0.15) is 10.5 Å². The predicted octanol–water partition coefficient (Wildman–Crippen LogP) is 11.7. The zero-order chi connectivity index (χ0) is 32.6. The summed E-state index contributed by atoms with van der Waals surface area (Å²) in [5, 5.41) is 26.4. The average Bonchev–Trinajstić information content (AvgIpc) is 3.83. The van der Waals surface area contributed by atoms with Crippen LogP contribution in [0.1, 0.15) is 11.1 Å². The fourth-order valence-electron chi connectivity index (χ4n) is 7.57. The fourth-order valence-corrected chi connectivity index (χ4v) is 7.57. The Morgan fingerprint density at radius 2 is 0.918 bits per heavy atom. The molecular formula is C44H23N3O2. The van der Waals surface area contributed by atoms with Gasteiger partial charge in [-0.05, 0) is 77.4 Å². The number of hydrogen-bond donors (Lipinski definition) is 0. The SMILES string of the molecule is N#Cc1ccccc1-c1ccc2oc3ccc4oc5ccc(-c6cccc(C#N)c6-n6c7ccccc7c7ccccc76)cc5c4c3c2c1. The number of aromatic nitrogens is 1. The fraction of sp³-hybridized carbons (Fsp3) is 0. The lowest BCUT2D eigenvalue weighted by molar-refractivity contribution is 0.663. The molecule has 3 heterocycles. The Balaban J connectivity index is 1.26. The van der Waals surface area contributed by atoms with Crippen molar-refractivity contribution in [2.45, 2.75) is 0 Å². The second-order valence-corrected chi connectivity index (χ2v) is 12.3. The maximum Gasteiger partial charge on any atom is 0.136 e. The average molecular weight is 626 g/mol. The second-order valence-electron chi connectivity index (χ2n) is 12.3. The normalized spacial score (nSPS) is 11.6. The summed E-state index contributed by atoms with van der Waals surface area (Å²) >= 11 is 0. The molecule has 0 unspecified atom stereocenters. The van der Waals surface area contributed by atoms with Gasteiger partial charge in [0.15, 0.2) is 0 Å². The summed E-state index contributed by atoms with van der Waals surface area (Å²) in [6.07, 6.45) is 0. The van der Waals surface area contributed by atoms with Crippen molar-refractivity contribution < 1.29 is 8.83 Å². The molecule has 5 heteroatoms. The minimum absolute atomic E-state index is 0.592. The quantitative estimate of drug-likeness (QED) is 0.196. The lowest BCUT2D eigenvalue weighted by Gasteiger charge is -2.16. The number of benzene rings is 7. The Bertz CT molecular complexity index is 3030. The van der Waals surface area contributed by atoms with Crippen molar-refractivity contribution in [2.75, 3.05) is 0 Å². The van der Waals surface area contributed by atoms with Crippen LogP contribution in [-0.2, 0) is 0 Å². The molecular weight excluding hydrogens is 603 g/mol. The van der Waals surface area contributed by atoms with Gasteiger partial charge in [-0.15, -0.1) is 0 Å². The van der Waals surface area contributed by atoms with Crippen LogP contribution in [0, 0.1) is 22.7 Å². The molecule has 0 saturated carbocycles. The van der Waals surface area contributed by atoms with E-state index in [0.29, 0.717) is 11.1 Å². The van der Waals surface area contributed by atoms with E-state index >= 15 is 0 Å². The van der Waals surface area contributed by atoms with Gasteiger partial charge < -0.3 is 13.4 Å². The standard InChI is InChI=1S/C44H23N3O2/c45-24-28-8-1-2-10-30(28)26-16-18-38-34(22-26)42-40(48-38)20-21-41-43(42)35-23-27(17-19-39(35)49-41)31-13-7-9-29(25-46)44(31)47-36-14-5-3-11-32(36)33-12-4-6-15-37(33)47/h1-23H. The molecule has 3 aromatic heterocycles. The van der Waals surface area contributed by atoms with Gasteiger partial charge in [0.1, 0.15) is 28.4 Å². The third-order valence-corrected chi connectivity index (χ3v) is 9.70. The largest absolute Gasteiger partial charge is 0.456 e. The summed E-state index contributed by atoms with van der Waals surface area (Å²) in [5.41, 5.74) is 10.9. The van der Waals surface area contributed by atoms with E-state index in [1.54, 1.807) is 0 Å². The summed E-state index contributed by atoms with van der Waals surface area (Å²) in [5.74, 6) is 0. The van der Waals surface area contributed by atoms with Crippen LogP contribution in [0.3, 0.4) is 0 Å². The molecule has 10 rings (SSSR count). The lowest BCUT2D eigenvalue weighted by atomic mass is 9.96. The molecule has 0 N–H and O–H groups in total. The molecule has 226 valence electrons. The van der Waals surface area contributed by atoms with Gasteiger partial charge in [0, 0.05) is 37.9 Å². The van der Waals surface area contributed by atoms with E-state index < -0.39 is 0 Å². The first-order chi connectivity index (χ1) is 24.2. The Labute approximate surface area is 279 Å². The van der Waals surface area contributed by atoms with E-state index in [2.05, 4.69) is 77.4 Å². The number of furan rings is 2. The first-order valence-corrected chi connectivity index (χ1v) is 16.0. The summed E-state index contributed by atoms with van der Waals surface area (Å²) < 4.78 is 15.0. The molecule has 0 atom stereocenters. The van der Waals surface area contributed by atoms with Gasteiger partial charge in [-0.3, -0.25) is 0 Å². The van der Waals surface area contributed by atoms with E-state index in [9.17, 15) is 10.5 Å². The van der Waals surface area contributed by atoms with Gasteiger partial charge >= 0.3 is 0 Å². The van der Waals surface area contributed by atoms with Crippen LogP contribution in [0.15, 0.2) is 148 Å². The zero-order valence-electron chi connectivity index (χ0n) is 25.9. The Morgan fingerprint density at radius 3 is 1.53 bits per heavy atom. The third-order valence-electron chi connectivity index (χ3n) is 9.70. The van der Waals surface area contributed by atoms with Gasteiger partial charge in [0.05, 0.1) is 33.9 Å². The van der Waals surface area contributed by atoms with Crippen LogP contribution >= 0.6 is 0 Å². The van der Waals surface area contributed by atoms with Crippen molar-refractivity contribution in [3.63, 3.8) is 0 Å². The molecule has 0 aliphatic carbocycles. The molecule has 10 aromatic rings. The number of nitrogens with zero attached hydrogens (tertiary/aromatic N) is 3. The Hall–Kier alpha value is -7.08.